The van der Waals surface area contributed by atoms with Crippen molar-refractivity contribution in [2.75, 3.05) is 0 Å². The molecule has 9 rings (SSSR count). The lowest BCUT2D eigenvalue weighted by Crippen LogP contribution is -1.91. The first kappa shape index (κ1) is 34.9. The van der Waals surface area contributed by atoms with Crippen molar-refractivity contribution in [1.29, 1.82) is 0 Å². The molecule has 268 valence electrons. The van der Waals surface area contributed by atoms with E-state index in [-0.39, 0.29) is 0 Å². The summed E-state index contributed by atoms with van der Waals surface area (Å²) in [5.74, 6) is 20.7. The van der Waals surface area contributed by atoms with Crippen LogP contribution < -0.4 is 0 Å². The van der Waals surface area contributed by atoms with Crippen molar-refractivity contribution >= 4 is 46.4 Å². The summed E-state index contributed by atoms with van der Waals surface area (Å²) >= 11 is 0. The Kier molecular flexibility index (Phi) is 9.26. The molecular weight excluding hydrogens is 693 g/mol. The number of nitrogens with zero attached hydrogens (tertiary/aromatic N) is 2. The van der Waals surface area contributed by atoms with Crippen molar-refractivity contribution in [3.63, 3.8) is 0 Å². The van der Waals surface area contributed by atoms with Gasteiger partial charge in [0.1, 0.15) is 0 Å². The Hall–Kier alpha value is -7.84. The van der Waals surface area contributed by atoms with Crippen molar-refractivity contribution in [2.24, 2.45) is 0 Å². The zero-order chi connectivity index (χ0) is 38.7. The Bertz CT molecular complexity index is 2960. The van der Waals surface area contributed by atoms with Crippen LogP contribution in [0, 0.1) is 56.3 Å². The molecule has 0 unspecified atom stereocenters. The van der Waals surface area contributed by atoms with Gasteiger partial charge in [-0.3, -0.25) is 0 Å². The average Bonchev–Trinajstić information content (AvgIpc) is 4.08. The standard InChI is InChI=1S/C53H36N4/c1-35-9-15-38(16-10-35)21-24-42-45-27-29-47(54-45)43(25-22-39-17-11-36(2)12-18-39)49-31-33-51(56-49)53(41-7-5-4-6-8-41)52-34-32-50(57-52)44(48-30-28-46(42)55-48)26-23-40-19-13-37(3)14-20-40/h4-20,27-34,56-57H,1-3H3. The maximum atomic E-state index is 5.23. The fraction of sp³-hybridized carbons (Fsp3) is 0.0566. The lowest BCUT2D eigenvalue weighted by Gasteiger charge is -2.03. The van der Waals surface area contributed by atoms with E-state index in [9.17, 15) is 0 Å². The molecule has 2 aliphatic rings. The summed E-state index contributed by atoms with van der Waals surface area (Å²) in [5, 5.41) is 0. The monoisotopic (exact) mass is 728 g/mol. The number of aryl methyl sites for hydroxylation is 3. The molecule has 0 saturated heterocycles. The Morgan fingerprint density at radius 1 is 0.351 bits per heavy atom. The van der Waals surface area contributed by atoms with Crippen molar-refractivity contribution in [3.8, 4) is 46.6 Å². The predicted octanol–water partition coefficient (Wildman–Crippen LogP) is 11.4. The van der Waals surface area contributed by atoms with Gasteiger partial charge < -0.3 is 9.97 Å². The molecule has 0 amide bonds. The Morgan fingerprint density at radius 3 is 1.11 bits per heavy atom. The van der Waals surface area contributed by atoms with Gasteiger partial charge in [0.25, 0.3) is 0 Å². The Morgan fingerprint density at radius 2 is 0.702 bits per heavy atom. The van der Waals surface area contributed by atoms with Gasteiger partial charge in [0.15, 0.2) is 0 Å². The van der Waals surface area contributed by atoms with Crippen LogP contribution in [0.25, 0.3) is 57.5 Å². The number of aromatic amines is 2. The van der Waals surface area contributed by atoms with Gasteiger partial charge in [0.2, 0.25) is 0 Å². The van der Waals surface area contributed by atoms with Crippen LogP contribution in [0.15, 0.2) is 127 Å². The topological polar surface area (TPSA) is 57.4 Å². The van der Waals surface area contributed by atoms with Crippen molar-refractivity contribution < 1.29 is 0 Å². The van der Waals surface area contributed by atoms with Gasteiger partial charge in [-0.2, -0.15) is 0 Å². The molecule has 0 fully saturated rings. The van der Waals surface area contributed by atoms with Crippen LogP contribution in [0.4, 0.5) is 0 Å². The zero-order valence-electron chi connectivity index (χ0n) is 31.8. The molecule has 5 heterocycles. The minimum Gasteiger partial charge on any atom is -0.354 e. The summed E-state index contributed by atoms with van der Waals surface area (Å²) in [6.07, 6.45) is 8.07. The number of H-pyrrole nitrogens is 2. The third-order valence-electron chi connectivity index (χ3n) is 9.97. The van der Waals surface area contributed by atoms with E-state index in [0.717, 1.165) is 78.0 Å². The molecule has 2 aliphatic heterocycles. The highest BCUT2D eigenvalue weighted by atomic mass is 14.8. The second-order valence-electron chi connectivity index (χ2n) is 14.2. The van der Waals surface area contributed by atoms with E-state index in [1.807, 2.05) is 66.8 Å². The number of aromatic nitrogens is 4. The van der Waals surface area contributed by atoms with Crippen LogP contribution in [0.3, 0.4) is 0 Å². The molecule has 0 atom stereocenters. The third kappa shape index (κ3) is 7.48. The van der Waals surface area contributed by atoms with Gasteiger partial charge in [-0.1, -0.05) is 119 Å². The predicted molar refractivity (Wildman–Crippen MR) is 236 cm³/mol. The summed E-state index contributed by atoms with van der Waals surface area (Å²) in [7, 11) is 0. The number of fused-ring (bicyclic) bond motifs is 8. The van der Waals surface area contributed by atoms with Gasteiger partial charge >= 0.3 is 0 Å². The number of hydrogen-bond donors (Lipinski definition) is 2. The van der Waals surface area contributed by atoms with Gasteiger partial charge in [-0.05, 0) is 111 Å². The molecular formula is C53H36N4. The highest BCUT2D eigenvalue weighted by Crippen LogP contribution is 2.31. The summed E-state index contributed by atoms with van der Waals surface area (Å²) in [6.45, 7) is 6.23. The summed E-state index contributed by atoms with van der Waals surface area (Å²) in [6, 6.07) is 43.6. The first-order valence-corrected chi connectivity index (χ1v) is 18.9. The van der Waals surface area contributed by atoms with Gasteiger partial charge in [0.05, 0.1) is 50.5 Å². The number of benzene rings is 4. The zero-order valence-corrected chi connectivity index (χ0v) is 31.8. The molecule has 0 spiro atoms. The van der Waals surface area contributed by atoms with Gasteiger partial charge in [-0.25, -0.2) is 9.97 Å². The van der Waals surface area contributed by atoms with Crippen LogP contribution in [0.2, 0.25) is 0 Å². The van der Waals surface area contributed by atoms with Gasteiger partial charge in [-0.15, -0.1) is 0 Å². The minimum atomic E-state index is 0.716. The number of rotatable bonds is 1. The molecule has 7 aromatic rings. The SMILES string of the molecule is Cc1ccc(C#Cc2c3nc(c(C#Cc4ccc(C)cc4)c4ccc([nH]4)c(-c4ccccc4)c4ccc([nH]4)c(C#Cc4ccc(C)cc4)c4nc2C=C4)C=C3)cc1. The van der Waals surface area contributed by atoms with Crippen LogP contribution in [-0.4, -0.2) is 19.9 Å². The quantitative estimate of drug-likeness (QED) is 0.165. The molecule has 0 aliphatic carbocycles. The molecule has 0 radical (unpaired) electrons. The van der Waals surface area contributed by atoms with Crippen molar-refractivity contribution in [2.45, 2.75) is 20.8 Å². The molecule has 0 saturated carbocycles. The summed E-state index contributed by atoms with van der Waals surface area (Å²) < 4.78 is 0. The second-order valence-corrected chi connectivity index (χ2v) is 14.2. The van der Waals surface area contributed by atoms with E-state index >= 15 is 0 Å². The molecule has 3 aromatic heterocycles. The number of nitrogens with one attached hydrogen (secondary N) is 2. The van der Waals surface area contributed by atoms with Crippen LogP contribution in [0.1, 0.15) is 72.8 Å². The van der Waals surface area contributed by atoms with E-state index < -0.39 is 0 Å². The smallest absolute Gasteiger partial charge is 0.0816 e. The van der Waals surface area contributed by atoms with Crippen molar-refractivity contribution in [3.05, 3.63) is 200 Å². The van der Waals surface area contributed by atoms with E-state index in [1.54, 1.807) is 0 Å². The molecule has 57 heavy (non-hydrogen) atoms. The first-order chi connectivity index (χ1) is 27.9. The highest BCUT2D eigenvalue weighted by Gasteiger charge is 2.16. The van der Waals surface area contributed by atoms with Crippen LogP contribution in [0.5, 0.6) is 0 Å². The number of hydrogen-bond acceptors (Lipinski definition) is 2. The Labute approximate surface area is 332 Å². The Balaban J connectivity index is 1.38. The fourth-order valence-electron chi connectivity index (χ4n) is 6.83. The summed E-state index contributed by atoms with van der Waals surface area (Å²) in [4.78, 5) is 17.9. The lowest BCUT2D eigenvalue weighted by molar-refractivity contribution is 1.25. The molecule has 2 N–H and O–H groups in total. The third-order valence-corrected chi connectivity index (χ3v) is 9.97. The summed E-state index contributed by atoms with van der Waals surface area (Å²) in [5.41, 5.74) is 17.2. The van der Waals surface area contributed by atoms with E-state index in [4.69, 9.17) is 9.97 Å². The minimum absolute atomic E-state index is 0.716. The van der Waals surface area contributed by atoms with Crippen molar-refractivity contribution in [1.82, 2.24) is 19.9 Å². The molecule has 4 nitrogen and oxygen atoms in total. The maximum absolute atomic E-state index is 5.23. The van der Waals surface area contributed by atoms with E-state index in [0.29, 0.717) is 11.4 Å². The van der Waals surface area contributed by atoms with Gasteiger partial charge in [0, 0.05) is 33.3 Å². The molecule has 8 bridgehead atoms. The normalized spacial score (nSPS) is 11.2. The molecule has 4 aromatic carbocycles. The van der Waals surface area contributed by atoms with Crippen LogP contribution in [-0.2, 0) is 0 Å². The lowest BCUT2D eigenvalue weighted by atomic mass is 10.1. The second kappa shape index (κ2) is 15.1. The molecule has 4 heteroatoms. The maximum Gasteiger partial charge on any atom is 0.0816 e. The highest BCUT2D eigenvalue weighted by molar-refractivity contribution is 5.95. The van der Waals surface area contributed by atoms with E-state index in [1.165, 1.54) is 16.7 Å². The first-order valence-electron chi connectivity index (χ1n) is 18.9. The fourth-order valence-corrected chi connectivity index (χ4v) is 6.83. The average molecular weight is 729 g/mol. The largest absolute Gasteiger partial charge is 0.354 e. The van der Waals surface area contributed by atoms with E-state index in [2.05, 4.69) is 151 Å². The van der Waals surface area contributed by atoms with Crippen LogP contribution >= 0.6 is 0 Å².